The second kappa shape index (κ2) is 8.56. The fourth-order valence-corrected chi connectivity index (χ4v) is 6.25. The van der Waals surface area contributed by atoms with Gasteiger partial charge in [0.2, 0.25) is 0 Å². The lowest BCUT2D eigenvalue weighted by molar-refractivity contribution is 0.0872. The van der Waals surface area contributed by atoms with E-state index in [0.717, 1.165) is 38.2 Å². The highest BCUT2D eigenvalue weighted by atomic mass is 32.2. The summed E-state index contributed by atoms with van der Waals surface area (Å²) in [6.45, 7) is 6.55. The number of rotatable bonds is 4. The van der Waals surface area contributed by atoms with Crippen molar-refractivity contribution in [3.05, 3.63) is 39.8 Å². The Labute approximate surface area is 167 Å². The maximum absolute atomic E-state index is 10.1. The fraction of sp³-hybridized carbons (Fsp3) is 0.636. The maximum atomic E-state index is 10.1. The number of allylic oxidation sites excluding steroid dienone is 1. The van der Waals surface area contributed by atoms with Gasteiger partial charge in [-0.25, -0.2) is 0 Å². The molecule has 0 spiro atoms. The quantitative estimate of drug-likeness (QED) is 0.828. The Balaban J connectivity index is 1.31. The van der Waals surface area contributed by atoms with Crippen molar-refractivity contribution in [1.29, 1.82) is 0 Å². The van der Waals surface area contributed by atoms with E-state index in [4.69, 9.17) is 5.73 Å². The summed E-state index contributed by atoms with van der Waals surface area (Å²) >= 11 is 2.04. The third-order valence-electron chi connectivity index (χ3n) is 6.63. The maximum Gasteiger partial charge on any atom is 0.119 e. The van der Waals surface area contributed by atoms with Crippen LogP contribution in [0, 0.1) is 6.92 Å². The Morgan fingerprint density at radius 1 is 1.19 bits per heavy atom. The molecule has 1 fully saturated rings. The summed E-state index contributed by atoms with van der Waals surface area (Å²) in [6, 6.07) is 6.44. The topological polar surface area (TPSA) is 52.7 Å². The van der Waals surface area contributed by atoms with Crippen molar-refractivity contribution in [1.82, 2.24) is 9.80 Å². The lowest BCUT2D eigenvalue weighted by Crippen LogP contribution is -2.53. The normalized spacial score (nSPS) is 25.6. The number of benzene rings is 1. The van der Waals surface area contributed by atoms with Crippen molar-refractivity contribution >= 4 is 11.8 Å². The molecule has 4 nitrogen and oxygen atoms in total. The van der Waals surface area contributed by atoms with E-state index in [1.165, 1.54) is 49.0 Å². The molecule has 0 aliphatic carbocycles. The molecule has 3 heterocycles. The molecule has 0 aromatic heterocycles. The highest BCUT2D eigenvalue weighted by Gasteiger charge is 2.33. The summed E-state index contributed by atoms with van der Waals surface area (Å²) < 4.78 is 0. The first kappa shape index (κ1) is 19.3. The van der Waals surface area contributed by atoms with Crippen LogP contribution in [-0.2, 0) is 6.42 Å². The highest BCUT2D eigenvalue weighted by molar-refractivity contribution is 8.03. The van der Waals surface area contributed by atoms with Gasteiger partial charge in [-0.1, -0.05) is 12.1 Å². The van der Waals surface area contributed by atoms with E-state index in [1.54, 1.807) is 11.0 Å². The third kappa shape index (κ3) is 4.21. The average Bonchev–Trinajstić information content (AvgIpc) is 3.08. The fourth-order valence-electron chi connectivity index (χ4n) is 4.99. The standard InChI is InChI=1S/C22H33N3OS/c1-16-4-2-5-20(26)18(16)9-14-24-12-7-17(8-13-24)25-11-3-6-21-19(22(25)23)10-15-27-21/h2,4-5,17,22,26H,3,6-15,23H2,1H3. The molecule has 0 saturated carbocycles. The lowest BCUT2D eigenvalue weighted by Gasteiger charge is -2.41. The molecule has 0 bridgehead atoms. The average molecular weight is 388 g/mol. The number of phenols is 1. The van der Waals surface area contributed by atoms with Gasteiger partial charge in [0.25, 0.3) is 0 Å². The minimum absolute atomic E-state index is 0.151. The first-order valence-electron chi connectivity index (χ1n) is 10.5. The second-order valence-electron chi connectivity index (χ2n) is 8.23. The minimum Gasteiger partial charge on any atom is -0.508 e. The number of nitrogens with two attached hydrogens (primary N) is 1. The van der Waals surface area contributed by atoms with Crippen LogP contribution < -0.4 is 5.73 Å². The van der Waals surface area contributed by atoms with E-state index in [9.17, 15) is 5.11 Å². The van der Waals surface area contributed by atoms with Gasteiger partial charge < -0.3 is 15.7 Å². The molecule has 4 rings (SSSR count). The molecule has 3 aliphatic rings. The van der Waals surface area contributed by atoms with Crippen LogP contribution in [-0.4, -0.2) is 59.0 Å². The Morgan fingerprint density at radius 2 is 2.00 bits per heavy atom. The Kier molecular flexibility index (Phi) is 6.12. The van der Waals surface area contributed by atoms with Crippen LogP contribution >= 0.6 is 11.8 Å². The van der Waals surface area contributed by atoms with Gasteiger partial charge in [0.05, 0.1) is 6.17 Å². The summed E-state index contributed by atoms with van der Waals surface area (Å²) in [6.07, 6.45) is 7.19. The summed E-state index contributed by atoms with van der Waals surface area (Å²) in [5.41, 5.74) is 10.5. The zero-order chi connectivity index (χ0) is 18.8. The molecule has 5 heteroatoms. The Hall–Kier alpha value is -1.01. The number of hydrogen-bond donors (Lipinski definition) is 2. The molecule has 1 unspecified atom stereocenters. The van der Waals surface area contributed by atoms with E-state index in [-0.39, 0.29) is 6.17 Å². The number of nitrogens with zero attached hydrogens (tertiary/aromatic N) is 2. The molecule has 1 aromatic rings. The summed E-state index contributed by atoms with van der Waals surface area (Å²) in [5.74, 6) is 1.68. The largest absolute Gasteiger partial charge is 0.508 e. The Bertz CT molecular complexity index is 677. The van der Waals surface area contributed by atoms with Crippen molar-refractivity contribution in [3.63, 3.8) is 0 Å². The van der Waals surface area contributed by atoms with Gasteiger partial charge in [0.15, 0.2) is 0 Å². The molecule has 3 aliphatic heterocycles. The number of phenolic OH excluding ortho intramolecular Hbond substituents is 1. The van der Waals surface area contributed by atoms with E-state index >= 15 is 0 Å². The number of hydrogen-bond acceptors (Lipinski definition) is 5. The first-order chi connectivity index (χ1) is 13.1. The van der Waals surface area contributed by atoms with Crippen molar-refractivity contribution in [3.8, 4) is 5.75 Å². The van der Waals surface area contributed by atoms with Gasteiger partial charge in [-0.05, 0) is 86.2 Å². The lowest BCUT2D eigenvalue weighted by atomic mass is 9.99. The number of thioether (sulfide) groups is 1. The Morgan fingerprint density at radius 3 is 2.78 bits per heavy atom. The van der Waals surface area contributed by atoms with Crippen molar-refractivity contribution < 1.29 is 5.11 Å². The van der Waals surface area contributed by atoms with Crippen molar-refractivity contribution in [2.45, 2.75) is 57.7 Å². The van der Waals surface area contributed by atoms with Crippen LogP contribution in [0.15, 0.2) is 28.7 Å². The SMILES string of the molecule is Cc1cccc(O)c1CCN1CCC(N2CCCC3=C(CCS3)C2N)CC1. The smallest absolute Gasteiger partial charge is 0.119 e. The number of aryl methyl sites for hydroxylation is 1. The van der Waals surface area contributed by atoms with Gasteiger partial charge >= 0.3 is 0 Å². The molecular formula is C22H33N3OS. The van der Waals surface area contributed by atoms with Crippen LogP contribution in [0.1, 0.15) is 43.2 Å². The number of likely N-dealkylation sites (tertiary alicyclic amines) is 1. The van der Waals surface area contributed by atoms with E-state index in [0.29, 0.717) is 11.8 Å². The number of aromatic hydroxyl groups is 1. The summed E-state index contributed by atoms with van der Waals surface area (Å²) in [5, 5.41) is 10.1. The number of piperidine rings is 1. The molecular weight excluding hydrogens is 354 g/mol. The van der Waals surface area contributed by atoms with Crippen LogP contribution in [0.2, 0.25) is 0 Å². The molecule has 0 radical (unpaired) electrons. The van der Waals surface area contributed by atoms with Gasteiger partial charge in [-0.2, -0.15) is 0 Å². The zero-order valence-corrected chi connectivity index (χ0v) is 17.3. The van der Waals surface area contributed by atoms with Gasteiger partial charge in [-0.15, -0.1) is 11.8 Å². The molecule has 0 amide bonds. The molecule has 1 saturated heterocycles. The molecule has 1 atom stereocenters. The van der Waals surface area contributed by atoms with Gasteiger partial charge in [0.1, 0.15) is 5.75 Å². The van der Waals surface area contributed by atoms with Gasteiger partial charge in [-0.3, -0.25) is 4.90 Å². The first-order valence-corrected chi connectivity index (χ1v) is 11.5. The second-order valence-corrected chi connectivity index (χ2v) is 9.42. The monoisotopic (exact) mass is 387 g/mol. The van der Waals surface area contributed by atoms with Crippen LogP contribution in [0.25, 0.3) is 0 Å². The minimum atomic E-state index is 0.151. The van der Waals surface area contributed by atoms with Crippen molar-refractivity contribution in [2.75, 3.05) is 31.9 Å². The highest BCUT2D eigenvalue weighted by Crippen LogP contribution is 2.39. The molecule has 27 heavy (non-hydrogen) atoms. The molecule has 3 N–H and O–H groups in total. The van der Waals surface area contributed by atoms with Crippen molar-refractivity contribution in [2.24, 2.45) is 5.73 Å². The van der Waals surface area contributed by atoms with Crippen LogP contribution in [0.4, 0.5) is 0 Å². The van der Waals surface area contributed by atoms with Crippen LogP contribution in [0.3, 0.4) is 0 Å². The summed E-state index contributed by atoms with van der Waals surface area (Å²) in [4.78, 5) is 6.76. The summed E-state index contributed by atoms with van der Waals surface area (Å²) in [7, 11) is 0. The van der Waals surface area contributed by atoms with E-state index in [2.05, 4.69) is 22.8 Å². The predicted molar refractivity (Wildman–Crippen MR) is 114 cm³/mol. The molecule has 1 aromatic carbocycles. The van der Waals surface area contributed by atoms with Gasteiger partial charge in [0, 0.05) is 24.9 Å². The molecule has 148 valence electrons. The van der Waals surface area contributed by atoms with E-state index < -0.39 is 0 Å². The van der Waals surface area contributed by atoms with Crippen LogP contribution in [0.5, 0.6) is 5.75 Å². The third-order valence-corrected chi connectivity index (χ3v) is 7.85. The zero-order valence-electron chi connectivity index (χ0n) is 16.5. The van der Waals surface area contributed by atoms with E-state index in [1.807, 2.05) is 17.8 Å². The predicted octanol–water partition coefficient (Wildman–Crippen LogP) is 3.48.